The summed E-state index contributed by atoms with van der Waals surface area (Å²) in [5, 5.41) is 2.81. The molecule has 0 unspecified atom stereocenters. The van der Waals surface area contributed by atoms with Gasteiger partial charge in [-0.1, -0.05) is 19.3 Å². The van der Waals surface area contributed by atoms with Crippen molar-refractivity contribution in [3.05, 3.63) is 23.5 Å². The zero-order chi connectivity index (χ0) is 13.8. The molecule has 1 amide bonds. The Morgan fingerprint density at radius 1 is 1.32 bits per heavy atom. The Hall–Kier alpha value is -1.58. The molecule has 3 nitrogen and oxygen atoms in total. The van der Waals surface area contributed by atoms with Gasteiger partial charge in [0.15, 0.2) is 11.6 Å². The van der Waals surface area contributed by atoms with Crippen molar-refractivity contribution >= 4 is 11.6 Å². The molecule has 2 rings (SSSR count). The van der Waals surface area contributed by atoms with E-state index in [1.54, 1.807) is 13.0 Å². The van der Waals surface area contributed by atoms with Gasteiger partial charge in [0.2, 0.25) is 5.91 Å². The van der Waals surface area contributed by atoms with Gasteiger partial charge in [-0.2, -0.15) is 0 Å². The normalized spacial score (nSPS) is 16.2. The minimum Gasteiger partial charge on any atom is -0.493 e. The Bertz CT molecular complexity index is 444. The fourth-order valence-corrected chi connectivity index (χ4v) is 2.67. The van der Waals surface area contributed by atoms with E-state index in [0.29, 0.717) is 11.3 Å². The summed E-state index contributed by atoms with van der Waals surface area (Å²) in [7, 11) is 1.44. The molecular formula is C15H20FNO2. The predicted octanol–water partition coefficient (Wildman–Crippen LogP) is 3.66. The summed E-state index contributed by atoms with van der Waals surface area (Å²) >= 11 is 0. The second-order valence-electron chi connectivity index (χ2n) is 5.13. The molecule has 0 saturated heterocycles. The van der Waals surface area contributed by atoms with Crippen LogP contribution in [0.4, 0.5) is 10.1 Å². The van der Waals surface area contributed by atoms with Crippen LogP contribution in [0.15, 0.2) is 12.1 Å². The van der Waals surface area contributed by atoms with Crippen LogP contribution in [0.1, 0.15) is 37.7 Å². The summed E-state index contributed by atoms with van der Waals surface area (Å²) in [4.78, 5) is 12.1. The number of halogens is 1. The van der Waals surface area contributed by atoms with E-state index in [1.807, 2.05) is 0 Å². The van der Waals surface area contributed by atoms with Crippen molar-refractivity contribution in [3.8, 4) is 5.75 Å². The van der Waals surface area contributed by atoms with Crippen LogP contribution in [0.5, 0.6) is 5.75 Å². The summed E-state index contributed by atoms with van der Waals surface area (Å²) in [6.07, 6.45) is 5.29. The maximum absolute atomic E-state index is 13.7. The highest BCUT2D eigenvalue weighted by Gasteiger charge is 2.21. The number of benzene rings is 1. The van der Waals surface area contributed by atoms with E-state index in [0.717, 1.165) is 25.7 Å². The van der Waals surface area contributed by atoms with Crippen LogP contribution in [0.2, 0.25) is 0 Å². The van der Waals surface area contributed by atoms with Crippen LogP contribution < -0.4 is 10.1 Å². The zero-order valence-corrected chi connectivity index (χ0v) is 11.5. The predicted molar refractivity (Wildman–Crippen MR) is 72.9 cm³/mol. The molecule has 0 aromatic heterocycles. The lowest BCUT2D eigenvalue weighted by Crippen LogP contribution is -2.24. The smallest absolute Gasteiger partial charge is 0.227 e. The number of carbonyl (C=O) groups is 1. The van der Waals surface area contributed by atoms with Gasteiger partial charge in [0.05, 0.1) is 7.11 Å². The molecule has 0 radical (unpaired) electrons. The van der Waals surface area contributed by atoms with Gasteiger partial charge in [-0.25, -0.2) is 4.39 Å². The number of rotatable bonds is 3. The molecule has 0 bridgehead atoms. The molecule has 1 aliphatic carbocycles. The van der Waals surface area contributed by atoms with E-state index in [1.165, 1.54) is 19.6 Å². The minimum atomic E-state index is -0.443. The molecule has 1 aromatic carbocycles. The fourth-order valence-electron chi connectivity index (χ4n) is 2.67. The lowest BCUT2D eigenvalue weighted by molar-refractivity contribution is -0.120. The van der Waals surface area contributed by atoms with Gasteiger partial charge in [0.25, 0.3) is 0 Å². The molecule has 19 heavy (non-hydrogen) atoms. The van der Waals surface area contributed by atoms with Gasteiger partial charge in [0, 0.05) is 17.7 Å². The SMILES string of the molecule is COc1c(C)cc(NC(=O)C2CCCCC2)cc1F. The highest BCUT2D eigenvalue weighted by Crippen LogP contribution is 2.28. The summed E-state index contributed by atoms with van der Waals surface area (Å²) in [6.45, 7) is 1.76. The number of nitrogens with one attached hydrogen (secondary N) is 1. The molecule has 1 N–H and O–H groups in total. The van der Waals surface area contributed by atoms with Gasteiger partial charge in [-0.3, -0.25) is 4.79 Å². The first-order chi connectivity index (χ1) is 9.11. The first-order valence-corrected chi connectivity index (χ1v) is 6.77. The van der Waals surface area contributed by atoms with Crippen molar-refractivity contribution in [3.63, 3.8) is 0 Å². The average Bonchev–Trinajstić information content (AvgIpc) is 2.39. The van der Waals surface area contributed by atoms with Crippen molar-refractivity contribution < 1.29 is 13.9 Å². The number of aryl methyl sites for hydroxylation is 1. The minimum absolute atomic E-state index is 0.00340. The van der Waals surface area contributed by atoms with Crippen LogP contribution in [0.3, 0.4) is 0 Å². The third-order valence-corrected chi connectivity index (χ3v) is 3.68. The van der Waals surface area contributed by atoms with E-state index >= 15 is 0 Å². The van der Waals surface area contributed by atoms with Gasteiger partial charge in [-0.05, 0) is 31.4 Å². The lowest BCUT2D eigenvalue weighted by Gasteiger charge is -2.21. The van der Waals surface area contributed by atoms with Crippen molar-refractivity contribution in [1.82, 2.24) is 0 Å². The van der Waals surface area contributed by atoms with Crippen molar-refractivity contribution in [2.24, 2.45) is 5.92 Å². The number of methoxy groups -OCH3 is 1. The van der Waals surface area contributed by atoms with Gasteiger partial charge < -0.3 is 10.1 Å². The molecule has 1 fully saturated rings. The van der Waals surface area contributed by atoms with E-state index in [-0.39, 0.29) is 17.6 Å². The summed E-state index contributed by atoms with van der Waals surface area (Å²) in [6, 6.07) is 3.05. The first-order valence-electron chi connectivity index (χ1n) is 6.77. The van der Waals surface area contributed by atoms with Gasteiger partial charge in [-0.15, -0.1) is 0 Å². The zero-order valence-electron chi connectivity index (χ0n) is 11.5. The second-order valence-corrected chi connectivity index (χ2v) is 5.13. The molecule has 1 saturated carbocycles. The van der Waals surface area contributed by atoms with Gasteiger partial charge in [0.1, 0.15) is 0 Å². The molecule has 0 atom stereocenters. The van der Waals surface area contributed by atoms with Crippen molar-refractivity contribution in [2.75, 3.05) is 12.4 Å². The number of hydrogen-bond acceptors (Lipinski definition) is 2. The van der Waals surface area contributed by atoms with E-state index in [4.69, 9.17) is 4.74 Å². The fraction of sp³-hybridized carbons (Fsp3) is 0.533. The number of ether oxygens (including phenoxy) is 1. The number of carbonyl (C=O) groups excluding carboxylic acids is 1. The number of anilines is 1. The standard InChI is InChI=1S/C15H20FNO2/c1-10-8-12(9-13(16)14(10)19-2)17-15(18)11-6-4-3-5-7-11/h8-9,11H,3-7H2,1-2H3,(H,17,18). The van der Waals surface area contributed by atoms with Crippen LogP contribution in [0.25, 0.3) is 0 Å². The van der Waals surface area contributed by atoms with Crippen molar-refractivity contribution in [1.29, 1.82) is 0 Å². The van der Waals surface area contributed by atoms with Crippen LogP contribution in [0, 0.1) is 18.7 Å². The van der Waals surface area contributed by atoms with E-state index in [2.05, 4.69) is 5.32 Å². The molecule has 0 heterocycles. The van der Waals surface area contributed by atoms with E-state index < -0.39 is 5.82 Å². The average molecular weight is 265 g/mol. The van der Waals surface area contributed by atoms with E-state index in [9.17, 15) is 9.18 Å². The quantitative estimate of drug-likeness (QED) is 0.905. The Labute approximate surface area is 113 Å². The van der Waals surface area contributed by atoms with Gasteiger partial charge >= 0.3 is 0 Å². The highest BCUT2D eigenvalue weighted by atomic mass is 19.1. The number of amides is 1. The molecule has 4 heteroatoms. The summed E-state index contributed by atoms with van der Waals surface area (Å²) in [5.74, 6) is -0.139. The highest BCUT2D eigenvalue weighted by molar-refractivity contribution is 5.92. The molecule has 0 aliphatic heterocycles. The van der Waals surface area contributed by atoms with Crippen LogP contribution >= 0.6 is 0 Å². The van der Waals surface area contributed by atoms with Crippen LogP contribution in [-0.4, -0.2) is 13.0 Å². The summed E-state index contributed by atoms with van der Waals surface area (Å²) in [5.41, 5.74) is 1.19. The second kappa shape index (κ2) is 6.04. The molecule has 0 spiro atoms. The molecule has 1 aromatic rings. The monoisotopic (exact) mass is 265 g/mol. The molecule has 1 aliphatic rings. The Morgan fingerprint density at radius 2 is 2.00 bits per heavy atom. The third kappa shape index (κ3) is 3.25. The molecular weight excluding hydrogens is 245 g/mol. The topological polar surface area (TPSA) is 38.3 Å². The lowest BCUT2D eigenvalue weighted by atomic mass is 9.88. The third-order valence-electron chi connectivity index (χ3n) is 3.68. The Kier molecular flexibility index (Phi) is 4.40. The maximum atomic E-state index is 13.7. The van der Waals surface area contributed by atoms with Crippen molar-refractivity contribution in [2.45, 2.75) is 39.0 Å². The summed E-state index contributed by atoms with van der Waals surface area (Å²) < 4.78 is 18.7. The molecule has 104 valence electrons. The maximum Gasteiger partial charge on any atom is 0.227 e. The number of hydrogen-bond donors (Lipinski definition) is 1. The van der Waals surface area contributed by atoms with Crippen LogP contribution in [-0.2, 0) is 4.79 Å². The Morgan fingerprint density at radius 3 is 2.58 bits per heavy atom. The largest absolute Gasteiger partial charge is 0.493 e. The first kappa shape index (κ1) is 13.8. The Balaban J connectivity index is 2.08.